The van der Waals surface area contributed by atoms with Crippen molar-refractivity contribution in [3.8, 4) is 0 Å². The molecule has 0 aliphatic carbocycles. The molecule has 2 rings (SSSR count). The summed E-state index contributed by atoms with van der Waals surface area (Å²) in [5.74, 6) is 1.45. The molecule has 0 bridgehead atoms. The zero-order valence-corrected chi connectivity index (χ0v) is 18.8. The van der Waals surface area contributed by atoms with Crippen molar-refractivity contribution in [3.63, 3.8) is 0 Å². The third kappa shape index (κ3) is 9.13. The summed E-state index contributed by atoms with van der Waals surface area (Å²) in [6, 6.07) is 9.75. The summed E-state index contributed by atoms with van der Waals surface area (Å²) in [7, 11) is 0. The number of hydrogen-bond acceptors (Lipinski definition) is 4. The van der Waals surface area contributed by atoms with Crippen molar-refractivity contribution >= 4 is 11.9 Å². The number of nitrogens with one attached hydrogen (secondary N) is 3. The van der Waals surface area contributed by atoms with E-state index in [-0.39, 0.29) is 5.91 Å². The quantitative estimate of drug-likeness (QED) is 0.292. The van der Waals surface area contributed by atoms with E-state index in [0.29, 0.717) is 24.1 Å². The number of hydrogen-bond donors (Lipinski definition) is 3. The molecule has 0 aromatic heterocycles. The maximum Gasteiger partial charge on any atom is 0.251 e. The SMILES string of the molecule is CCNC(=NCC(CC(C)C)N1CCOCC1)NCCCNC(=O)c1ccccc1. The monoisotopic (exact) mass is 417 g/mol. The molecule has 1 aromatic rings. The van der Waals surface area contributed by atoms with Gasteiger partial charge in [0, 0.05) is 44.3 Å². The van der Waals surface area contributed by atoms with Gasteiger partial charge < -0.3 is 20.7 Å². The first-order valence-corrected chi connectivity index (χ1v) is 11.3. The largest absolute Gasteiger partial charge is 0.379 e. The highest BCUT2D eigenvalue weighted by Gasteiger charge is 2.21. The van der Waals surface area contributed by atoms with Crippen LogP contribution in [0.4, 0.5) is 0 Å². The molecular weight excluding hydrogens is 378 g/mol. The number of benzene rings is 1. The molecule has 1 aliphatic rings. The highest BCUT2D eigenvalue weighted by molar-refractivity contribution is 5.94. The highest BCUT2D eigenvalue weighted by Crippen LogP contribution is 2.14. The van der Waals surface area contributed by atoms with E-state index < -0.39 is 0 Å². The standard InChI is InChI=1S/C23H39N5O2/c1-4-24-23(26-12-8-11-25-22(29)20-9-6-5-7-10-20)27-18-21(17-19(2)3)28-13-15-30-16-14-28/h5-7,9-10,19,21H,4,8,11-18H2,1-3H3,(H,25,29)(H2,24,26,27). The summed E-state index contributed by atoms with van der Waals surface area (Å²) < 4.78 is 5.51. The molecule has 1 saturated heterocycles. The number of aliphatic imine (C=N–C) groups is 1. The van der Waals surface area contributed by atoms with Crippen molar-refractivity contribution < 1.29 is 9.53 Å². The van der Waals surface area contributed by atoms with Crippen LogP contribution in [0.25, 0.3) is 0 Å². The van der Waals surface area contributed by atoms with Crippen LogP contribution in [0.1, 0.15) is 44.0 Å². The van der Waals surface area contributed by atoms with E-state index in [1.165, 1.54) is 0 Å². The molecule has 0 radical (unpaired) electrons. The van der Waals surface area contributed by atoms with Gasteiger partial charge in [0.15, 0.2) is 5.96 Å². The van der Waals surface area contributed by atoms with Crippen LogP contribution < -0.4 is 16.0 Å². The topological polar surface area (TPSA) is 78.0 Å². The average Bonchev–Trinajstić information content (AvgIpc) is 2.77. The molecule has 1 heterocycles. The molecule has 7 heteroatoms. The second-order valence-corrected chi connectivity index (χ2v) is 8.05. The van der Waals surface area contributed by atoms with Gasteiger partial charge in [-0.3, -0.25) is 14.7 Å². The molecular formula is C23H39N5O2. The van der Waals surface area contributed by atoms with Crippen LogP contribution in [0.5, 0.6) is 0 Å². The van der Waals surface area contributed by atoms with Crippen LogP contribution in [0.3, 0.4) is 0 Å². The van der Waals surface area contributed by atoms with E-state index in [1.54, 1.807) is 0 Å². The van der Waals surface area contributed by atoms with Crippen LogP contribution in [0, 0.1) is 5.92 Å². The first-order valence-electron chi connectivity index (χ1n) is 11.3. The van der Waals surface area contributed by atoms with Crippen molar-refractivity contribution in [1.29, 1.82) is 0 Å². The molecule has 168 valence electrons. The first-order chi connectivity index (χ1) is 14.6. The third-order valence-corrected chi connectivity index (χ3v) is 5.08. The van der Waals surface area contributed by atoms with Crippen LogP contribution >= 0.6 is 0 Å². The zero-order chi connectivity index (χ0) is 21.6. The minimum Gasteiger partial charge on any atom is -0.379 e. The lowest BCUT2D eigenvalue weighted by atomic mass is 10.0. The van der Waals surface area contributed by atoms with E-state index >= 15 is 0 Å². The summed E-state index contributed by atoms with van der Waals surface area (Å²) in [6.45, 7) is 13.2. The predicted octanol–water partition coefficient (Wildman–Crippen LogP) is 2.11. The molecule has 1 fully saturated rings. The summed E-state index contributed by atoms with van der Waals surface area (Å²) in [4.78, 5) is 19.4. The summed E-state index contributed by atoms with van der Waals surface area (Å²) in [5, 5.41) is 9.68. The van der Waals surface area contributed by atoms with Gasteiger partial charge in [-0.15, -0.1) is 0 Å². The Labute approximate surface area is 181 Å². The number of amides is 1. The van der Waals surface area contributed by atoms with Gasteiger partial charge in [-0.1, -0.05) is 32.0 Å². The van der Waals surface area contributed by atoms with E-state index in [4.69, 9.17) is 9.73 Å². The second-order valence-electron chi connectivity index (χ2n) is 8.05. The van der Waals surface area contributed by atoms with Gasteiger partial charge >= 0.3 is 0 Å². The maximum absolute atomic E-state index is 12.1. The number of ether oxygens (including phenoxy) is 1. The van der Waals surface area contributed by atoms with Crippen molar-refractivity contribution in [2.24, 2.45) is 10.9 Å². The Bertz CT molecular complexity index is 630. The van der Waals surface area contributed by atoms with E-state index in [1.807, 2.05) is 30.3 Å². The summed E-state index contributed by atoms with van der Waals surface area (Å²) >= 11 is 0. The number of carbonyl (C=O) groups excluding carboxylic acids is 1. The van der Waals surface area contributed by atoms with Crippen molar-refractivity contribution in [2.45, 2.75) is 39.7 Å². The molecule has 1 amide bonds. The minimum absolute atomic E-state index is 0.0294. The van der Waals surface area contributed by atoms with Gasteiger partial charge in [0.2, 0.25) is 0 Å². The van der Waals surface area contributed by atoms with Crippen molar-refractivity contribution in [3.05, 3.63) is 35.9 Å². The number of morpholine rings is 1. The van der Waals surface area contributed by atoms with Crippen LogP contribution in [-0.2, 0) is 4.74 Å². The molecule has 0 saturated carbocycles. The normalized spacial score (nSPS) is 16.3. The molecule has 30 heavy (non-hydrogen) atoms. The molecule has 1 unspecified atom stereocenters. The van der Waals surface area contributed by atoms with Gasteiger partial charge in [-0.25, -0.2) is 0 Å². The lowest BCUT2D eigenvalue weighted by molar-refractivity contribution is 0.0143. The zero-order valence-electron chi connectivity index (χ0n) is 18.8. The minimum atomic E-state index is -0.0294. The Hall–Kier alpha value is -2.12. The van der Waals surface area contributed by atoms with Crippen molar-refractivity contribution in [2.75, 3.05) is 52.5 Å². The van der Waals surface area contributed by atoms with E-state index in [0.717, 1.165) is 64.7 Å². The molecule has 1 atom stereocenters. The Morgan fingerprint density at radius 2 is 1.80 bits per heavy atom. The Morgan fingerprint density at radius 3 is 2.47 bits per heavy atom. The van der Waals surface area contributed by atoms with Crippen LogP contribution in [0.2, 0.25) is 0 Å². The van der Waals surface area contributed by atoms with Gasteiger partial charge in [0.05, 0.1) is 19.8 Å². The van der Waals surface area contributed by atoms with Crippen molar-refractivity contribution in [1.82, 2.24) is 20.9 Å². The number of guanidine groups is 1. The number of nitrogens with zero attached hydrogens (tertiary/aromatic N) is 2. The van der Waals surface area contributed by atoms with Gasteiger partial charge in [0.25, 0.3) is 5.91 Å². The second kappa shape index (κ2) is 14.0. The average molecular weight is 418 g/mol. The fourth-order valence-electron chi connectivity index (χ4n) is 3.55. The molecule has 1 aliphatic heterocycles. The predicted molar refractivity (Wildman–Crippen MR) is 123 cm³/mol. The lowest BCUT2D eigenvalue weighted by Gasteiger charge is -2.34. The van der Waals surface area contributed by atoms with E-state index in [9.17, 15) is 4.79 Å². The summed E-state index contributed by atoms with van der Waals surface area (Å²) in [6.07, 6.45) is 1.97. The summed E-state index contributed by atoms with van der Waals surface area (Å²) in [5.41, 5.74) is 0.694. The lowest BCUT2D eigenvalue weighted by Crippen LogP contribution is -2.46. The molecule has 0 spiro atoms. The molecule has 1 aromatic carbocycles. The van der Waals surface area contributed by atoms with Gasteiger partial charge in [-0.2, -0.15) is 0 Å². The van der Waals surface area contributed by atoms with E-state index in [2.05, 4.69) is 41.6 Å². The number of carbonyl (C=O) groups is 1. The first kappa shape index (κ1) is 24.2. The van der Waals surface area contributed by atoms with Crippen LogP contribution in [-0.4, -0.2) is 75.3 Å². The third-order valence-electron chi connectivity index (χ3n) is 5.08. The Kier molecular flexibility index (Phi) is 11.3. The molecule has 3 N–H and O–H groups in total. The maximum atomic E-state index is 12.1. The molecule has 7 nitrogen and oxygen atoms in total. The van der Waals surface area contributed by atoms with Crippen LogP contribution in [0.15, 0.2) is 35.3 Å². The number of rotatable bonds is 11. The Balaban J connectivity index is 1.77. The highest BCUT2D eigenvalue weighted by atomic mass is 16.5. The Morgan fingerprint density at radius 1 is 1.10 bits per heavy atom. The van der Waals surface area contributed by atoms with Gasteiger partial charge in [0.1, 0.15) is 0 Å². The fourth-order valence-corrected chi connectivity index (χ4v) is 3.55. The fraction of sp³-hybridized carbons (Fsp3) is 0.652. The smallest absolute Gasteiger partial charge is 0.251 e. The van der Waals surface area contributed by atoms with Gasteiger partial charge in [-0.05, 0) is 37.8 Å².